The van der Waals surface area contributed by atoms with Crippen LogP contribution in [0, 0.1) is 17.2 Å². The molecule has 1 amide bonds. The molecule has 1 aromatic rings. The van der Waals surface area contributed by atoms with Crippen molar-refractivity contribution in [1.29, 1.82) is 5.26 Å². The van der Waals surface area contributed by atoms with Crippen molar-refractivity contribution in [3.05, 3.63) is 23.5 Å². The summed E-state index contributed by atoms with van der Waals surface area (Å²) in [6.07, 6.45) is 4.39. The number of likely N-dealkylation sites (tertiary alicyclic amines) is 1. The number of rotatable bonds is 5. The van der Waals surface area contributed by atoms with Gasteiger partial charge in [-0.1, -0.05) is 0 Å². The molecule has 1 N–H and O–H groups in total. The number of likely N-dealkylation sites (N-methyl/N-ethyl adjacent to an activating group) is 1. The molecule has 1 aromatic heterocycles. The lowest BCUT2D eigenvalue weighted by Crippen LogP contribution is -2.57. The zero-order valence-electron chi connectivity index (χ0n) is 16.5. The molecule has 0 aromatic carbocycles. The second-order valence-electron chi connectivity index (χ2n) is 7.91. The minimum Gasteiger partial charge on any atom is -0.396 e. The maximum Gasteiger partial charge on any atom is 0.270 e. The van der Waals surface area contributed by atoms with Gasteiger partial charge >= 0.3 is 0 Å². The number of amides is 1. The highest BCUT2D eigenvalue weighted by molar-refractivity contribution is 5.93. The Balaban J connectivity index is 1.70. The molecule has 0 aliphatic carbocycles. The van der Waals surface area contributed by atoms with E-state index in [-0.39, 0.29) is 12.5 Å². The number of aliphatic hydroxyl groups excluding tert-OH is 1. The van der Waals surface area contributed by atoms with Gasteiger partial charge in [-0.15, -0.1) is 0 Å². The molecular weight excluding hydrogens is 342 g/mol. The van der Waals surface area contributed by atoms with Crippen LogP contribution in [0.15, 0.2) is 12.3 Å². The van der Waals surface area contributed by atoms with Crippen LogP contribution in [0.3, 0.4) is 0 Å². The van der Waals surface area contributed by atoms with Crippen molar-refractivity contribution in [2.24, 2.45) is 13.0 Å². The van der Waals surface area contributed by atoms with Crippen molar-refractivity contribution in [1.82, 2.24) is 19.3 Å². The normalized spacial score (nSPS) is 24.7. The summed E-state index contributed by atoms with van der Waals surface area (Å²) in [6, 6.07) is 4.27. The number of aryl methyl sites for hydroxylation is 1. The van der Waals surface area contributed by atoms with Crippen LogP contribution in [0.2, 0.25) is 0 Å². The molecule has 2 atom stereocenters. The monoisotopic (exact) mass is 373 g/mol. The number of hydrogen-bond donors (Lipinski definition) is 1. The average molecular weight is 374 g/mol. The topological polar surface area (TPSA) is 75.7 Å². The highest BCUT2D eigenvalue weighted by Crippen LogP contribution is 2.28. The fourth-order valence-corrected chi connectivity index (χ4v) is 4.48. The third-order valence-corrected chi connectivity index (χ3v) is 6.07. The van der Waals surface area contributed by atoms with Crippen molar-refractivity contribution < 1.29 is 9.90 Å². The molecule has 3 rings (SSSR count). The van der Waals surface area contributed by atoms with E-state index in [2.05, 4.69) is 22.9 Å². The Bertz CT molecular complexity index is 687. The number of piperazine rings is 1. The smallest absolute Gasteiger partial charge is 0.270 e. The van der Waals surface area contributed by atoms with E-state index in [0.29, 0.717) is 23.2 Å². The second-order valence-corrected chi connectivity index (χ2v) is 7.91. The molecule has 0 unspecified atom stereocenters. The van der Waals surface area contributed by atoms with Crippen LogP contribution in [-0.4, -0.2) is 89.2 Å². The molecule has 0 bridgehead atoms. The zero-order chi connectivity index (χ0) is 19.4. The van der Waals surface area contributed by atoms with Gasteiger partial charge in [0, 0.05) is 65.2 Å². The van der Waals surface area contributed by atoms with Gasteiger partial charge in [-0.3, -0.25) is 9.69 Å². The SMILES string of the molecule is CN1CCN([C@H]2CCN(C(=O)c3cc(C#N)cn3C)C[C@H]2CCCO)CC1. The Hall–Kier alpha value is -1.88. The van der Waals surface area contributed by atoms with E-state index in [9.17, 15) is 9.90 Å². The molecule has 0 spiro atoms. The van der Waals surface area contributed by atoms with Gasteiger partial charge < -0.3 is 19.5 Å². The minimum absolute atomic E-state index is 0.00447. The van der Waals surface area contributed by atoms with E-state index in [0.717, 1.165) is 58.5 Å². The van der Waals surface area contributed by atoms with Crippen molar-refractivity contribution in [3.63, 3.8) is 0 Å². The van der Waals surface area contributed by atoms with Crippen molar-refractivity contribution in [2.75, 3.05) is 52.9 Å². The van der Waals surface area contributed by atoms with E-state index in [1.54, 1.807) is 16.8 Å². The van der Waals surface area contributed by atoms with Gasteiger partial charge in [0.05, 0.1) is 5.56 Å². The summed E-state index contributed by atoms with van der Waals surface area (Å²) in [4.78, 5) is 19.9. The molecular formula is C20H31N5O2. The quantitative estimate of drug-likeness (QED) is 0.824. The fourth-order valence-electron chi connectivity index (χ4n) is 4.48. The van der Waals surface area contributed by atoms with Gasteiger partial charge in [0.25, 0.3) is 5.91 Å². The Morgan fingerprint density at radius 1 is 1.26 bits per heavy atom. The lowest BCUT2D eigenvalue weighted by Gasteiger charge is -2.46. The first-order valence-corrected chi connectivity index (χ1v) is 9.92. The lowest BCUT2D eigenvalue weighted by atomic mass is 9.86. The molecule has 7 heteroatoms. The van der Waals surface area contributed by atoms with Gasteiger partial charge in [-0.25, -0.2) is 0 Å². The summed E-state index contributed by atoms with van der Waals surface area (Å²) < 4.78 is 1.75. The van der Waals surface area contributed by atoms with Crippen LogP contribution in [0.25, 0.3) is 0 Å². The molecule has 0 saturated carbocycles. The Morgan fingerprint density at radius 3 is 2.63 bits per heavy atom. The number of aromatic nitrogens is 1. The van der Waals surface area contributed by atoms with E-state index >= 15 is 0 Å². The maximum atomic E-state index is 13.0. The number of hydrogen-bond acceptors (Lipinski definition) is 5. The summed E-state index contributed by atoms with van der Waals surface area (Å²) in [5.41, 5.74) is 1.09. The van der Waals surface area contributed by atoms with Gasteiger partial charge in [0.1, 0.15) is 11.8 Å². The Morgan fingerprint density at radius 2 is 2.00 bits per heavy atom. The molecule has 0 radical (unpaired) electrons. The Labute approximate surface area is 161 Å². The van der Waals surface area contributed by atoms with E-state index in [1.807, 2.05) is 11.9 Å². The maximum absolute atomic E-state index is 13.0. The number of nitrogens with zero attached hydrogens (tertiary/aromatic N) is 5. The zero-order valence-corrected chi connectivity index (χ0v) is 16.5. The van der Waals surface area contributed by atoms with Crippen LogP contribution in [0.4, 0.5) is 0 Å². The summed E-state index contributed by atoms with van der Waals surface area (Å²) in [5.74, 6) is 0.388. The number of aliphatic hydroxyl groups is 1. The van der Waals surface area contributed by atoms with Crippen LogP contribution < -0.4 is 0 Å². The standard InChI is InChI=1S/C20H31N5O2/c1-22-7-9-24(10-8-22)18-5-6-25(15-17(18)4-3-11-26)20(27)19-12-16(13-21)14-23(19)2/h12,14,17-18,26H,3-11,15H2,1-2H3/t17-,18+/m1/s1. The predicted molar refractivity (Wildman–Crippen MR) is 103 cm³/mol. The van der Waals surface area contributed by atoms with E-state index in [4.69, 9.17) is 5.26 Å². The third kappa shape index (κ3) is 4.52. The average Bonchev–Trinajstić information content (AvgIpc) is 3.07. The molecule has 2 saturated heterocycles. The van der Waals surface area contributed by atoms with Crippen molar-refractivity contribution >= 4 is 5.91 Å². The van der Waals surface area contributed by atoms with Crippen LogP contribution in [0.1, 0.15) is 35.3 Å². The number of piperidine rings is 1. The number of carbonyl (C=O) groups excluding carboxylic acids is 1. The predicted octanol–water partition coefficient (Wildman–Crippen LogP) is 0.747. The summed E-state index contributed by atoms with van der Waals surface area (Å²) in [5, 5.41) is 18.4. The molecule has 2 aliphatic heterocycles. The third-order valence-electron chi connectivity index (χ3n) is 6.07. The highest BCUT2D eigenvalue weighted by atomic mass is 16.3. The van der Waals surface area contributed by atoms with E-state index < -0.39 is 0 Å². The minimum atomic E-state index is 0.00447. The Kier molecular flexibility index (Phi) is 6.53. The first-order valence-electron chi connectivity index (χ1n) is 9.92. The van der Waals surface area contributed by atoms with Crippen molar-refractivity contribution in [3.8, 4) is 6.07 Å². The summed E-state index contributed by atoms with van der Waals surface area (Å²) in [6.45, 7) is 6.01. The number of carbonyl (C=O) groups is 1. The fraction of sp³-hybridized carbons (Fsp3) is 0.700. The first-order chi connectivity index (χ1) is 13.0. The molecule has 3 heterocycles. The largest absolute Gasteiger partial charge is 0.396 e. The first kappa shape index (κ1) is 19.9. The molecule has 148 valence electrons. The molecule has 2 aliphatic rings. The lowest BCUT2D eigenvalue weighted by molar-refractivity contribution is 0.0214. The van der Waals surface area contributed by atoms with Gasteiger partial charge in [-0.05, 0) is 38.3 Å². The molecule has 27 heavy (non-hydrogen) atoms. The van der Waals surface area contributed by atoms with Gasteiger partial charge in [0.15, 0.2) is 0 Å². The van der Waals surface area contributed by atoms with Crippen LogP contribution >= 0.6 is 0 Å². The summed E-state index contributed by atoms with van der Waals surface area (Å²) >= 11 is 0. The van der Waals surface area contributed by atoms with Gasteiger partial charge in [-0.2, -0.15) is 5.26 Å². The van der Waals surface area contributed by atoms with Crippen LogP contribution in [0.5, 0.6) is 0 Å². The summed E-state index contributed by atoms with van der Waals surface area (Å²) in [7, 11) is 3.98. The molecule has 2 fully saturated rings. The van der Waals surface area contributed by atoms with E-state index in [1.165, 1.54) is 0 Å². The number of nitriles is 1. The van der Waals surface area contributed by atoms with Gasteiger partial charge in [0.2, 0.25) is 0 Å². The second kappa shape index (κ2) is 8.87. The van der Waals surface area contributed by atoms with Crippen LogP contribution in [-0.2, 0) is 7.05 Å². The molecule has 7 nitrogen and oxygen atoms in total. The van der Waals surface area contributed by atoms with Crippen molar-refractivity contribution in [2.45, 2.75) is 25.3 Å². The highest BCUT2D eigenvalue weighted by Gasteiger charge is 2.36.